The van der Waals surface area contributed by atoms with Gasteiger partial charge in [-0.3, -0.25) is 0 Å². The summed E-state index contributed by atoms with van der Waals surface area (Å²) in [5, 5.41) is 3.20. The molecule has 0 saturated carbocycles. The van der Waals surface area contributed by atoms with Crippen molar-refractivity contribution in [3.05, 3.63) is 23.9 Å². The fourth-order valence-corrected chi connectivity index (χ4v) is 0.966. The summed E-state index contributed by atoms with van der Waals surface area (Å²) in [6.07, 6.45) is 8.35. The van der Waals surface area contributed by atoms with Crippen LogP contribution < -0.4 is 11.1 Å². The van der Waals surface area contributed by atoms with E-state index in [1.807, 2.05) is 6.08 Å². The standard InChI is InChI=1S/C7H10N2S/c8-7(10)9-6-4-2-1-3-5-6/h2,4-5H,1,3H2,(H3,8,9,10). The molecule has 2 nitrogen and oxygen atoms in total. The molecule has 0 unspecified atom stereocenters. The van der Waals surface area contributed by atoms with Gasteiger partial charge < -0.3 is 11.1 Å². The molecule has 0 bridgehead atoms. The Bertz CT molecular complexity index is 194. The van der Waals surface area contributed by atoms with Crippen LogP contribution in [0, 0.1) is 0 Å². The summed E-state index contributed by atoms with van der Waals surface area (Å²) < 4.78 is 0. The van der Waals surface area contributed by atoms with E-state index in [9.17, 15) is 0 Å². The summed E-state index contributed by atoms with van der Waals surface area (Å²) >= 11 is 4.67. The molecule has 0 aromatic heterocycles. The van der Waals surface area contributed by atoms with Crippen LogP contribution in [0.5, 0.6) is 0 Å². The van der Waals surface area contributed by atoms with Crippen LogP contribution in [0.15, 0.2) is 23.9 Å². The van der Waals surface area contributed by atoms with Crippen molar-refractivity contribution < 1.29 is 0 Å². The highest BCUT2D eigenvalue weighted by Crippen LogP contribution is 2.05. The molecular weight excluding hydrogens is 144 g/mol. The minimum absolute atomic E-state index is 0.331. The highest BCUT2D eigenvalue weighted by molar-refractivity contribution is 7.80. The molecule has 54 valence electrons. The van der Waals surface area contributed by atoms with E-state index < -0.39 is 0 Å². The molecule has 0 aliphatic heterocycles. The lowest BCUT2D eigenvalue weighted by atomic mass is 10.1. The van der Waals surface area contributed by atoms with Crippen LogP contribution in [0.25, 0.3) is 0 Å². The number of rotatable bonds is 1. The van der Waals surface area contributed by atoms with Crippen LogP contribution >= 0.6 is 12.2 Å². The Labute approximate surface area is 65.8 Å². The third kappa shape index (κ3) is 2.19. The van der Waals surface area contributed by atoms with Crippen LogP contribution in [0.2, 0.25) is 0 Å². The molecule has 10 heavy (non-hydrogen) atoms. The van der Waals surface area contributed by atoms with E-state index in [0.29, 0.717) is 5.11 Å². The molecule has 0 saturated heterocycles. The highest BCUT2D eigenvalue weighted by atomic mass is 32.1. The first-order valence-electron chi connectivity index (χ1n) is 3.22. The lowest BCUT2D eigenvalue weighted by molar-refractivity contribution is 0.986. The van der Waals surface area contributed by atoms with Gasteiger partial charge in [0.2, 0.25) is 0 Å². The molecular formula is C7H10N2S. The van der Waals surface area contributed by atoms with Crippen LogP contribution in [0.4, 0.5) is 0 Å². The van der Waals surface area contributed by atoms with Gasteiger partial charge in [0.05, 0.1) is 0 Å². The molecule has 0 spiro atoms. The second-order valence-electron chi connectivity index (χ2n) is 2.13. The highest BCUT2D eigenvalue weighted by Gasteiger charge is 1.95. The van der Waals surface area contributed by atoms with Crippen molar-refractivity contribution in [2.24, 2.45) is 5.73 Å². The molecule has 1 rings (SSSR count). The topological polar surface area (TPSA) is 38.0 Å². The number of hydrogen-bond donors (Lipinski definition) is 2. The number of hydrogen-bond acceptors (Lipinski definition) is 1. The molecule has 0 aromatic rings. The lowest BCUT2D eigenvalue weighted by Crippen LogP contribution is -2.27. The van der Waals surface area contributed by atoms with Crippen LogP contribution in [0.1, 0.15) is 12.8 Å². The SMILES string of the molecule is NC(=S)NC1=CCCC=C1. The van der Waals surface area contributed by atoms with Crippen molar-refractivity contribution in [2.45, 2.75) is 12.8 Å². The predicted octanol–water partition coefficient (Wildman–Crippen LogP) is 1.05. The summed E-state index contributed by atoms with van der Waals surface area (Å²) in [5.74, 6) is 0. The van der Waals surface area contributed by atoms with Gasteiger partial charge in [0, 0.05) is 5.70 Å². The molecule has 3 N–H and O–H groups in total. The minimum atomic E-state index is 0.331. The quantitative estimate of drug-likeness (QED) is 0.554. The van der Waals surface area contributed by atoms with Gasteiger partial charge >= 0.3 is 0 Å². The largest absolute Gasteiger partial charge is 0.376 e. The smallest absolute Gasteiger partial charge is 0.168 e. The zero-order valence-corrected chi connectivity index (χ0v) is 6.45. The van der Waals surface area contributed by atoms with Crippen molar-refractivity contribution in [3.8, 4) is 0 Å². The van der Waals surface area contributed by atoms with Crippen molar-refractivity contribution in [1.82, 2.24) is 5.32 Å². The Morgan fingerprint density at radius 2 is 2.40 bits per heavy atom. The van der Waals surface area contributed by atoms with E-state index in [2.05, 4.69) is 29.7 Å². The van der Waals surface area contributed by atoms with Crippen LogP contribution in [-0.4, -0.2) is 5.11 Å². The lowest BCUT2D eigenvalue weighted by Gasteiger charge is -2.07. The number of thiocarbonyl (C=S) groups is 1. The van der Waals surface area contributed by atoms with Gasteiger partial charge in [0.1, 0.15) is 0 Å². The van der Waals surface area contributed by atoms with Crippen molar-refractivity contribution >= 4 is 17.3 Å². The number of nitrogens with one attached hydrogen (secondary N) is 1. The third-order valence-electron chi connectivity index (χ3n) is 1.26. The molecule has 0 heterocycles. The summed E-state index contributed by atoms with van der Waals surface area (Å²) in [4.78, 5) is 0. The zero-order valence-electron chi connectivity index (χ0n) is 5.63. The Hall–Kier alpha value is -0.830. The van der Waals surface area contributed by atoms with E-state index in [1.54, 1.807) is 0 Å². The van der Waals surface area contributed by atoms with Crippen molar-refractivity contribution in [3.63, 3.8) is 0 Å². The van der Waals surface area contributed by atoms with E-state index in [1.165, 1.54) is 0 Å². The van der Waals surface area contributed by atoms with Crippen molar-refractivity contribution in [1.29, 1.82) is 0 Å². The maximum atomic E-state index is 5.27. The average molecular weight is 154 g/mol. The third-order valence-corrected chi connectivity index (χ3v) is 1.36. The summed E-state index contributed by atoms with van der Waals surface area (Å²) in [7, 11) is 0. The summed E-state index contributed by atoms with van der Waals surface area (Å²) in [5.41, 5.74) is 6.28. The number of nitrogens with two attached hydrogens (primary N) is 1. The minimum Gasteiger partial charge on any atom is -0.376 e. The molecule has 0 aromatic carbocycles. The Balaban J connectivity index is 2.48. The fraction of sp³-hybridized carbons (Fsp3) is 0.286. The van der Waals surface area contributed by atoms with E-state index in [-0.39, 0.29) is 0 Å². The average Bonchev–Trinajstić information content (AvgIpc) is 1.88. The zero-order chi connectivity index (χ0) is 7.40. The molecule has 0 fully saturated rings. The van der Waals surface area contributed by atoms with Gasteiger partial charge in [-0.15, -0.1) is 0 Å². The van der Waals surface area contributed by atoms with E-state index >= 15 is 0 Å². The van der Waals surface area contributed by atoms with Gasteiger partial charge in [0.15, 0.2) is 5.11 Å². The molecule has 0 atom stereocenters. The first kappa shape index (κ1) is 7.28. The van der Waals surface area contributed by atoms with Crippen LogP contribution in [0.3, 0.4) is 0 Å². The van der Waals surface area contributed by atoms with E-state index in [0.717, 1.165) is 18.5 Å². The Kier molecular flexibility index (Phi) is 2.45. The maximum Gasteiger partial charge on any atom is 0.168 e. The summed E-state index contributed by atoms with van der Waals surface area (Å²) in [6.45, 7) is 0. The normalized spacial score (nSPS) is 16.2. The molecule has 0 radical (unpaired) electrons. The number of allylic oxidation sites excluding steroid dienone is 3. The molecule has 1 aliphatic rings. The van der Waals surface area contributed by atoms with E-state index in [4.69, 9.17) is 5.73 Å². The predicted molar refractivity (Wildman–Crippen MR) is 46.4 cm³/mol. The Morgan fingerprint density at radius 1 is 1.60 bits per heavy atom. The maximum absolute atomic E-state index is 5.27. The summed E-state index contributed by atoms with van der Waals surface area (Å²) in [6, 6.07) is 0. The van der Waals surface area contributed by atoms with Gasteiger partial charge in [-0.05, 0) is 31.1 Å². The van der Waals surface area contributed by atoms with Gasteiger partial charge in [-0.25, -0.2) is 0 Å². The van der Waals surface area contributed by atoms with Crippen molar-refractivity contribution in [2.75, 3.05) is 0 Å². The monoisotopic (exact) mass is 154 g/mol. The first-order valence-corrected chi connectivity index (χ1v) is 3.63. The van der Waals surface area contributed by atoms with Gasteiger partial charge in [-0.2, -0.15) is 0 Å². The molecule has 0 amide bonds. The first-order chi connectivity index (χ1) is 4.79. The Morgan fingerprint density at radius 3 is 2.90 bits per heavy atom. The molecule has 3 heteroatoms. The van der Waals surface area contributed by atoms with Gasteiger partial charge in [0.25, 0.3) is 0 Å². The second kappa shape index (κ2) is 3.37. The van der Waals surface area contributed by atoms with Gasteiger partial charge in [-0.1, -0.05) is 12.2 Å². The van der Waals surface area contributed by atoms with Crippen LogP contribution in [-0.2, 0) is 0 Å². The fourth-order valence-electron chi connectivity index (χ4n) is 0.848. The second-order valence-corrected chi connectivity index (χ2v) is 2.57. The molecule has 1 aliphatic carbocycles.